The second-order valence-electron chi connectivity index (χ2n) is 6.69. The standard InChI is InChI=1S/C22H16N2O2/c1-11-13-7-3-5-9-15(13)19(23-11)17-21(25)18(22(17)26)20-16-10-6-4-8-14(16)12(2)24-20/h3-10,23,25H,1-2H3. The van der Waals surface area contributed by atoms with Crippen LogP contribution < -0.4 is 0 Å². The molecule has 2 heterocycles. The van der Waals surface area contributed by atoms with Crippen molar-refractivity contribution >= 4 is 33.5 Å². The van der Waals surface area contributed by atoms with Gasteiger partial charge in [-0.25, -0.2) is 0 Å². The molecule has 2 aliphatic rings. The first-order valence-electron chi connectivity index (χ1n) is 8.53. The van der Waals surface area contributed by atoms with Crippen molar-refractivity contribution in [1.82, 2.24) is 4.98 Å². The number of aromatic nitrogens is 1. The summed E-state index contributed by atoms with van der Waals surface area (Å²) in [6, 6.07) is 15.6. The van der Waals surface area contributed by atoms with E-state index in [-0.39, 0.29) is 11.5 Å². The third-order valence-corrected chi connectivity index (χ3v) is 5.18. The average molecular weight is 340 g/mol. The molecular weight excluding hydrogens is 324 g/mol. The molecule has 0 saturated heterocycles. The fourth-order valence-corrected chi connectivity index (χ4v) is 3.89. The topological polar surface area (TPSA) is 65.5 Å². The molecule has 1 aliphatic carbocycles. The van der Waals surface area contributed by atoms with Gasteiger partial charge in [0.2, 0.25) is 5.78 Å². The largest absolute Gasteiger partial charge is 0.506 e. The van der Waals surface area contributed by atoms with Crippen molar-refractivity contribution in [2.75, 3.05) is 0 Å². The highest BCUT2D eigenvalue weighted by Gasteiger charge is 2.40. The van der Waals surface area contributed by atoms with E-state index in [1.807, 2.05) is 62.4 Å². The number of hydrogen-bond acceptors (Lipinski definition) is 3. The van der Waals surface area contributed by atoms with E-state index in [0.29, 0.717) is 22.5 Å². The molecule has 0 amide bonds. The van der Waals surface area contributed by atoms with Gasteiger partial charge in [0.25, 0.3) is 0 Å². The molecule has 0 fully saturated rings. The van der Waals surface area contributed by atoms with Crippen LogP contribution in [0.3, 0.4) is 0 Å². The Morgan fingerprint density at radius 1 is 0.885 bits per heavy atom. The second kappa shape index (κ2) is 5.05. The molecule has 2 aromatic carbocycles. The second-order valence-corrected chi connectivity index (χ2v) is 6.69. The summed E-state index contributed by atoms with van der Waals surface area (Å²) < 4.78 is 0. The van der Waals surface area contributed by atoms with Crippen LogP contribution in [0, 0.1) is 6.92 Å². The number of fused-ring (bicyclic) bond motifs is 2. The van der Waals surface area contributed by atoms with Crippen molar-refractivity contribution in [1.29, 1.82) is 0 Å². The number of aliphatic hydroxyl groups excluding tert-OH is 1. The number of aryl methyl sites for hydroxylation is 1. The number of benzene rings is 2. The summed E-state index contributed by atoms with van der Waals surface area (Å²) in [6.07, 6.45) is 0. The van der Waals surface area contributed by atoms with Gasteiger partial charge in [0.1, 0.15) is 5.76 Å². The van der Waals surface area contributed by atoms with Gasteiger partial charge in [-0.3, -0.25) is 9.79 Å². The third-order valence-electron chi connectivity index (χ3n) is 5.18. The van der Waals surface area contributed by atoms with Crippen LogP contribution in [-0.2, 0) is 4.79 Å². The van der Waals surface area contributed by atoms with E-state index in [0.717, 1.165) is 33.3 Å². The number of Topliss-reactive ketones (excluding diaryl/α,β-unsaturated/α-hetero) is 1. The molecular formula is C22H16N2O2. The summed E-state index contributed by atoms with van der Waals surface area (Å²) in [5.41, 5.74) is 5.63. The maximum atomic E-state index is 13.0. The SMILES string of the molecule is CC1=NC(=C2C(=O)C(c3[nH]c(C)c4ccccc34)=C2O)c2ccccc21. The lowest BCUT2D eigenvalue weighted by atomic mass is 9.82. The Morgan fingerprint density at radius 3 is 2.27 bits per heavy atom. The summed E-state index contributed by atoms with van der Waals surface area (Å²) in [5, 5.41) is 12.7. The molecule has 1 aliphatic heterocycles. The number of rotatable bonds is 1. The highest BCUT2D eigenvalue weighted by Crippen LogP contribution is 2.44. The first kappa shape index (κ1) is 14.9. The Labute approximate surface area is 150 Å². The monoisotopic (exact) mass is 340 g/mol. The van der Waals surface area contributed by atoms with Gasteiger partial charge in [-0.1, -0.05) is 48.5 Å². The maximum Gasteiger partial charge on any atom is 0.204 e. The highest BCUT2D eigenvalue weighted by atomic mass is 16.3. The highest BCUT2D eigenvalue weighted by molar-refractivity contribution is 6.42. The van der Waals surface area contributed by atoms with E-state index in [4.69, 9.17) is 0 Å². The first-order valence-corrected chi connectivity index (χ1v) is 8.53. The lowest BCUT2D eigenvalue weighted by Crippen LogP contribution is -2.22. The lowest BCUT2D eigenvalue weighted by Gasteiger charge is -2.22. The Balaban J connectivity index is 1.73. The van der Waals surface area contributed by atoms with Gasteiger partial charge in [-0.05, 0) is 13.8 Å². The van der Waals surface area contributed by atoms with Crippen molar-refractivity contribution in [3.05, 3.63) is 82.4 Å². The molecule has 0 bridgehead atoms. The molecule has 5 rings (SSSR count). The van der Waals surface area contributed by atoms with E-state index in [2.05, 4.69) is 9.98 Å². The minimum atomic E-state index is -0.169. The van der Waals surface area contributed by atoms with Crippen molar-refractivity contribution in [2.24, 2.45) is 4.99 Å². The summed E-state index contributed by atoms with van der Waals surface area (Å²) in [7, 11) is 0. The first-order chi connectivity index (χ1) is 12.6. The van der Waals surface area contributed by atoms with Crippen LogP contribution in [0.5, 0.6) is 0 Å². The number of H-pyrrole nitrogens is 1. The van der Waals surface area contributed by atoms with Crippen molar-refractivity contribution in [2.45, 2.75) is 13.8 Å². The Bertz CT molecular complexity index is 1220. The summed E-state index contributed by atoms with van der Waals surface area (Å²) in [5.74, 6) is -0.150. The lowest BCUT2D eigenvalue weighted by molar-refractivity contribution is -0.111. The number of carbonyl (C=O) groups excluding carboxylic acids is 1. The Morgan fingerprint density at radius 2 is 1.54 bits per heavy atom. The van der Waals surface area contributed by atoms with Crippen molar-refractivity contribution < 1.29 is 9.90 Å². The maximum absolute atomic E-state index is 13.0. The van der Waals surface area contributed by atoms with Gasteiger partial charge in [0.15, 0.2) is 0 Å². The van der Waals surface area contributed by atoms with Crippen LogP contribution in [0.4, 0.5) is 0 Å². The van der Waals surface area contributed by atoms with Gasteiger partial charge in [-0.15, -0.1) is 0 Å². The van der Waals surface area contributed by atoms with Gasteiger partial charge >= 0.3 is 0 Å². The van der Waals surface area contributed by atoms with E-state index in [1.54, 1.807) is 0 Å². The van der Waals surface area contributed by atoms with Crippen LogP contribution in [-0.4, -0.2) is 21.6 Å². The quantitative estimate of drug-likeness (QED) is 0.638. The molecule has 1 aromatic heterocycles. The molecule has 3 aromatic rings. The fraction of sp³-hybridized carbons (Fsp3) is 0.0909. The molecule has 0 unspecified atom stereocenters. The number of nitrogens with zero attached hydrogens (tertiary/aromatic N) is 1. The number of allylic oxidation sites excluding steroid dienone is 2. The fourth-order valence-electron chi connectivity index (χ4n) is 3.89. The number of hydrogen-bond donors (Lipinski definition) is 2. The Kier molecular flexibility index (Phi) is 2.89. The number of aromatic amines is 1. The number of aliphatic imine (C=N–C) groups is 1. The number of aliphatic hydroxyl groups is 1. The minimum Gasteiger partial charge on any atom is -0.506 e. The van der Waals surface area contributed by atoms with E-state index < -0.39 is 0 Å². The van der Waals surface area contributed by atoms with Gasteiger partial charge in [0, 0.05) is 33.3 Å². The van der Waals surface area contributed by atoms with Crippen LogP contribution in [0.15, 0.2) is 64.9 Å². The number of ketones is 1. The predicted octanol–water partition coefficient (Wildman–Crippen LogP) is 4.56. The molecule has 4 nitrogen and oxygen atoms in total. The molecule has 2 N–H and O–H groups in total. The summed E-state index contributed by atoms with van der Waals surface area (Å²) >= 11 is 0. The number of nitrogens with one attached hydrogen (secondary N) is 1. The van der Waals surface area contributed by atoms with Crippen LogP contribution in [0.2, 0.25) is 0 Å². The summed E-state index contributed by atoms with van der Waals surface area (Å²) in [6.45, 7) is 3.88. The zero-order chi connectivity index (χ0) is 18.0. The zero-order valence-electron chi connectivity index (χ0n) is 14.4. The normalized spacial score (nSPS) is 19.0. The smallest absolute Gasteiger partial charge is 0.204 e. The van der Waals surface area contributed by atoms with Crippen LogP contribution >= 0.6 is 0 Å². The van der Waals surface area contributed by atoms with Crippen LogP contribution in [0.1, 0.15) is 29.4 Å². The summed E-state index contributed by atoms with van der Waals surface area (Å²) in [4.78, 5) is 20.8. The predicted molar refractivity (Wildman–Crippen MR) is 103 cm³/mol. The molecule has 0 atom stereocenters. The zero-order valence-corrected chi connectivity index (χ0v) is 14.4. The molecule has 0 saturated carbocycles. The average Bonchev–Trinajstić information content (AvgIpc) is 3.14. The molecule has 26 heavy (non-hydrogen) atoms. The van der Waals surface area contributed by atoms with Crippen LogP contribution in [0.25, 0.3) is 22.0 Å². The minimum absolute atomic E-state index is 0.0188. The van der Waals surface area contributed by atoms with Crippen molar-refractivity contribution in [3.63, 3.8) is 0 Å². The molecule has 126 valence electrons. The van der Waals surface area contributed by atoms with Gasteiger partial charge in [0.05, 0.1) is 22.5 Å². The van der Waals surface area contributed by atoms with E-state index in [9.17, 15) is 9.90 Å². The van der Waals surface area contributed by atoms with Gasteiger partial charge < -0.3 is 10.1 Å². The molecule has 0 spiro atoms. The molecule has 4 heteroatoms. The number of carbonyl (C=O) groups is 1. The molecule has 0 radical (unpaired) electrons. The van der Waals surface area contributed by atoms with Gasteiger partial charge in [-0.2, -0.15) is 0 Å². The van der Waals surface area contributed by atoms with Crippen molar-refractivity contribution in [3.8, 4) is 0 Å². The Hall–Kier alpha value is -3.40. The third kappa shape index (κ3) is 1.78. The van der Waals surface area contributed by atoms with E-state index in [1.165, 1.54) is 0 Å². The van der Waals surface area contributed by atoms with E-state index >= 15 is 0 Å².